The Labute approximate surface area is 152 Å². The molecule has 2 aromatic carbocycles. The summed E-state index contributed by atoms with van der Waals surface area (Å²) in [6, 6.07) is 14.1. The highest BCUT2D eigenvalue weighted by Gasteiger charge is 2.28. The molecule has 2 N–H and O–H groups in total. The Kier molecular flexibility index (Phi) is 5.51. The Hall–Kier alpha value is -2.48. The van der Waals surface area contributed by atoms with E-state index in [2.05, 4.69) is 9.97 Å². The number of para-hydroxylation sites is 1. The van der Waals surface area contributed by atoms with Gasteiger partial charge in [-0.1, -0.05) is 24.3 Å². The summed E-state index contributed by atoms with van der Waals surface area (Å²) in [6.07, 6.45) is -4.35. The molecular weight excluding hydrogens is 363 g/mol. The molecule has 0 fully saturated rings. The second-order valence-corrected chi connectivity index (χ2v) is 6.57. The first-order valence-electron chi connectivity index (χ1n) is 7.78. The number of nitrogens with two attached hydrogens (primary N) is 1. The molecule has 0 radical (unpaired) electrons. The Bertz CT molecular complexity index is 902. The second-order valence-electron chi connectivity index (χ2n) is 5.59. The maximum Gasteiger partial charge on any atom is 0.422 e. The zero-order valence-corrected chi connectivity index (χ0v) is 14.5. The summed E-state index contributed by atoms with van der Waals surface area (Å²) < 4.78 is 41.4. The van der Waals surface area contributed by atoms with Gasteiger partial charge in [0.25, 0.3) is 0 Å². The molecular formula is C18H16F3N3OS. The molecule has 0 unspecified atom stereocenters. The van der Waals surface area contributed by atoms with Crippen molar-refractivity contribution in [1.29, 1.82) is 0 Å². The van der Waals surface area contributed by atoms with Crippen molar-refractivity contribution in [3.05, 3.63) is 59.9 Å². The van der Waals surface area contributed by atoms with E-state index in [-0.39, 0.29) is 5.75 Å². The Morgan fingerprint density at radius 1 is 1.00 bits per heavy atom. The van der Waals surface area contributed by atoms with Gasteiger partial charge in [-0.25, -0.2) is 9.97 Å². The number of nitrogens with zero attached hydrogens (tertiary/aromatic N) is 2. The van der Waals surface area contributed by atoms with Gasteiger partial charge >= 0.3 is 6.18 Å². The summed E-state index contributed by atoms with van der Waals surface area (Å²) >= 11 is 1.55. The van der Waals surface area contributed by atoms with Crippen LogP contribution in [0, 0.1) is 0 Å². The van der Waals surface area contributed by atoms with E-state index in [1.807, 2.05) is 30.3 Å². The van der Waals surface area contributed by atoms with Crippen molar-refractivity contribution >= 4 is 28.5 Å². The minimum Gasteiger partial charge on any atom is -0.484 e. The first-order valence-corrected chi connectivity index (χ1v) is 8.93. The van der Waals surface area contributed by atoms with Crippen LogP contribution < -0.4 is 10.5 Å². The van der Waals surface area contributed by atoms with Crippen LogP contribution in [0.15, 0.2) is 48.5 Å². The maximum absolute atomic E-state index is 12.2. The van der Waals surface area contributed by atoms with Crippen molar-refractivity contribution in [2.45, 2.75) is 17.7 Å². The zero-order chi connectivity index (χ0) is 18.6. The summed E-state index contributed by atoms with van der Waals surface area (Å²) in [6.45, 7) is -1.30. The van der Waals surface area contributed by atoms with Gasteiger partial charge in [-0.15, -0.1) is 11.8 Å². The van der Waals surface area contributed by atoms with E-state index in [1.165, 1.54) is 6.07 Å². The van der Waals surface area contributed by atoms with Crippen LogP contribution in [0.3, 0.4) is 0 Å². The number of halogens is 3. The van der Waals surface area contributed by atoms with E-state index >= 15 is 0 Å². The lowest BCUT2D eigenvalue weighted by Gasteiger charge is -2.10. The highest BCUT2D eigenvalue weighted by molar-refractivity contribution is 7.97. The predicted octanol–water partition coefficient (Wildman–Crippen LogP) is 4.59. The van der Waals surface area contributed by atoms with Gasteiger partial charge in [0, 0.05) is 11.1 Å². The minimum atomic E-state index is -4.35. The van der Waals surface area contributed by atoms with Crippen LogP contribution in [0.2, 0.25) is 0 Å². The molecule has 1 heterocycles. The normalized spacial score (nSPS) is 11.7. The third kappa shape index (κ3) is 5.01. The molecule has 8 heteroatoms. The lowest BCUT2D eigenvalue weighted by atomic mass is 10.2. The van der Waals surface area contributed by atoms with Crippen molar-refractivity contribution < 1.29 is 17.9 Å². The average molecular weight is 379 g/mol. The summed E-state index contributed by atoms with van der Waals surface area (Å²) in [5, 5.41) is 0.816. The number of alkyl halides is 3. The van der Waals surface area contributed by atoms with Crippen LogP contribution >= 0.6 is 11.8 Å². The molecule has 0 aliphatic rings. The van der Waals surface area contributed by atoms with Gasteiger partial charge in [-0.05, 0) is 29.8 Å². The van der Waals surface area contributed by atoms with Crippen molar-refractivity contribution in [3.63, 3.8) is 0 Å². The summed E-state index contributed by atoms with van der Waals surface area (Å²) in [4.78, 5) is 8.78. The maximum atomic E-state index is 12.2. The first-order chi connectivity index (χ1) is 12.4. The molecule has 0 aliphatic heterocycles. The molecule has 0 atom stereocenters. The number of fused-ring (bicyclic) bond motifs is 1. The van der Waals surface area contributed by atoms with Crippen LogP contribution in [0.25, 0.3) is 10.9 Å². The number of hydrogen-bond donors (Lipinski definition) is 1. The number of aromatic nitrogens is 2. The third-order valence-electron chi connectivity index (χ3n) is 3.48. The summed E-state index contributed by atoms with van der Waals surface area (Å²) in [5.74, 6) is 2.40. The van der Waals surface area contributed by atoms with E-state index in [0.29, 0.717) is 23.1 Å². The topological polar surface area (TPSA) is 61.0 Å². The number of rotatable bonds is 6. The van der Waals surface area contributed by atoms with Gasteiger partial charge in [-0.2, -0.15) is 13.2 Å². The molecule has 0 aliphatic carbocycles. The fourth-order valence-electron chi connectivity index (χ4n) is 2.37. The van der Waals surface area contributed by atoms with Crippen molar-refractivity contribution in [2.24, 2.45) is 0 Å². The Balaban J connectivity index is 1.60. The number of hydrogen-bond acceptors (Lipinski definition) is 5. The molecule has 0 bridgehead atoms. The number of nitrogen functional groups attached to an aromatic ring is 1. The molecule has 3 rings (SSSR count). The molecule has 136 valence electrons. The second kappa shape index (κ2) is 7.82. The van der Waals surface area contributed by atoms with Crippen molar-refractivity contribution in [2.75, 3.05) is 12.3 Å². The third-order valence-corrected chi connectivity index (χ3v) is 4.48. The lowest BCUT2D eigenvalue weighted by Crippen LogP contribution is -2.19. The molecule has 0 saturated carbocycles. The van der Waals surface area contributed by atoms with E-state index in [0.717, 1.165) is 16.5 Å². The predicted molar refractivity (Wildman–Crippen MR) is 96.9 cm³/mol. The van der Waals surface area contributed by atoms with Gasteiger partial charge < -0.3 is 10.5 Å². The summed E-state index contributed by atoms with van der Waals surface area (Å²) in [7, 11) is 0. The highest BCUT2D eigenvalue weighted by atomic mass is 32.2. The van der Waals surface area contributed by atoms with E-state index in [1.54, 1.807) is 23.9 Å². The smallest absolute Gasteiger partial charge is 0.422 e. The van der Waals surface area contributed by atoms with E-state index in [9.17, 15) is 13.2 Å². The van der Waals surface area contributed by atoms with Gasteiger partial charge in [0.1, 0.15) is 17.4 Å². The van der Waals surface area contributed by atoms with Gasteiger partial charge in [0.05, 0.1) is 11.3 Å². The van der Waals surface area contributed by atoms with Gasteiger partial charge in [-0.3, -0.25) is 0 Å². The molecule has 1 aromatic heterocycles. The Morgan fingerprint density at radius 2 is 1.81 bits per heavy atom. The van der Waals surface area contributed by atoms with Crippen LogP contribution in [0.1, 0.15) is 11.4 Å². The molecule has 0 amide bonds. The highest BCUT2D eigenvalue weighted by Crippen LogP contribution is 2.24. The van der Waals surface area contributed by atoms with Crippen LogP contribution in [-0.2, 0) is 11.5 Å². The van der Waals surface area contributed by atoms with Gasteiger partial charge in [0.2, 0.25) is 0 Å². The summed E-state index contributed by atoms with van der Waals surface area (Å²) in [5.41, 5.74) is 7.61. The molecule has 0 spiro atoms. The SMILES string of the molecule is Nc1nc(CSCc2cccc(OCC(F)(F)F)c2)nc2ccccc12. The number of anilines is 1. The van der Waals surface area contributed by atoms with Crippen molar-refractivity contribution in [1.82, 2.24) is 9.97 Å². The van der Waals surface area contributed by atoms with E-state index < -0.39 is 12.8 Å². The molecule has 26 heavy (non-hydrogen) atoms. The zero-order valence-electron chi connectivity index (χ0n) is 13.7. The Morgan fingerprint density at radius 3 is 2.62 bits per heavy atom. The lowest BCUT2D eigenvalue weighted by molar-refractivity contribution is -0.153. The molecule has 0 saturated heterocycles. The minimum absolute atomic E-state index is 0.201. The quantitative estimate of drug-likeness (QED) is 0.679. The van der Waals surface area contributed by atoms with Crippen LogP contribution in [-0.4, -0.2) is 22.8 Å². The van der Waals surface area contributed by atoms with Crippen LogP contribution in [0.4, 0.5) is 19.0 Å². The van der Waals surface area contributed by atoms with Crippen LogP contribution in [0.5, 0.6) is 5.75 Å². The van der Waals surface area contributed by atoms with Gasteiger partial charge in [0.15, 0.2) is 6.61 Å². The number of ether oxygens (including phenoxy) is 1. The average Bonchev–Trinajstić information content (AvgIpc) is 2.60. The number of benzene rings is 2. The standard InChI is InChI=1S/C18H16F3N3OS/c19-18(20,21)11-25-13-5-3-4-12(8-13)9-26-10-16-23-15-7-2-1-6-14(15)17(22)24-16/h1-8H,9-11H2,(H2,22,23,24). The van der Waals surface area contributed by atoms with Crippen molar-refractivity contribution in [3.8, 4) is 5.75 Å². The first kappa shape index (κ1) is 18.3. The number of thioether (sulfide) groups is 1. The largest absolute Gasteiger partial charge is 0.484 e. The molecule has 3 aromatic rings. The molecule has 4 nitrogen and oxygen atoms in total. The fraction of sp³-hybridized carbons (Fsp3) is 0.222. The monoisotopic (exact) mass is 379 g/mol. The fourth-order valence-corrected chi connectivity index (χ4v) is 3.19. The van der Waals surface area contributed by atoms with E-state index in [4.69, 9.17) is 10.5 Å².